The number of aryl methyl sites for hydroxylation is 1. The van der Waals surface area contributed by atoms with Crippen molar-refractivity contribution in [3.05, 3.63) is 53.9 Å². The quantitative estimate of drug-likeness (QED) is 0.821. The van der Waals surface area contributed by atoms with Crippen molar-refractivity contribution in [1.29, 1.82) is 0 Å². The zero-order chi connectivity index (χ0) is 15.4. The summed E-state index contributed by atoms with van der Waals surface area (Å²) in [5, 5.41) is 0. The Morgan fingerprint density at radius 3 is 2.77 bits per heavy atom. The third kappa shape index (κ3) is 3.39. The van der Waals surface area contributed by atoms with E-state index in [9.17, 15) is 0 Å². The van der Waals surface area contributed by atoms with E-state index < -0.39 is 0 Å². The van der Waals surface area contributed by atoms with Crippen LogP contribution in [0.1, 0.15) is 17.2 Å². The van der Waals surface area contributed by atoms with Gasteiger partial charge in [0.1, 0.15) is 6.61 Å². The number of likely N-dealkylation sites (tertiary alicyclic amines) is 1. The van der Waals surface area contributed by atoms with Crippen molar-refractivity contribution in [2.75, 3.05) is 33.4 Å². The maximum Gasteiger partial charge on any atom is 0.161 e. The fourth-order valence-electron chi connectivity index (χ4n) is 2.74. The van der Waals surface area contributed by atoms with E-state index in [0.717, 1.165) is 31.1 Å². The summed E-state index contributed by atoms with van der Waals surface area (Å²) in [5.74, 6) is 2.18. The summed E-state index contributed by atoms with van der Waals surface area (Å²) in [4.78, 5) is 6.81. The summed E-state index contributed by atoms with van der Waals surface area (Å²) >= 11 is 0. The van der Waals surface area contributed by atoms with Gasteiger partial charge in [0.2, 0.25) is 0 Å². The Hall–Kier alpha value is -2.07. The molecule has 0 radical (unpaired) electrons. The average molecular weight is 298 g/mol. The van der Waals surface area contributed by atoms with E-state index in [0.29, 0.717) is 12.5 Å². The minimum absolute atomic E-state index is 0.565. The van der Waals surface area contributed by atoms with Gasteiger partial charge in [-0.15, -0.1) is 0 Å². The highest BCUT2D eigenvalue weighted by molar-refractivity contribution is 5.42. The number of benzene rings is 1. The summed E-state index contributed by atoms with van der Waals surface area (Å²) in [6, 6.07) is 12.1. The Balaban J connectivity index is 1.44. The molecule has 1 aliphatic heterocycles. The lowest BCUT2D eigenvalue weighted by atomic mass is 9.96. The first-order valence-corrected chi connectivity index (χ1v) is 7.67. The van der Waals surface area contributed by atoms with E-state index in [4.69, 9.17) is 9.47 Å². The summed E-state index contributed by atoms with van der Waals surface area (Å²) < 4.78 is 11.2. The largest absolute Gasteiger partial charge is 0.493 e. The molecule has 22 heavy (non-hydrogen) atoms. The molecule has 0 bridgehead atoms. The number of hydrogen-bond donors (Lipinski definition) is 0. The zero-order valence-corrected chi connectivity index (χ0v) is 13.2. The van der Waals surface area contributed by atoms with E-state index in [1.54, 1.807) is 7.11 Å². The van der Waals surface area contributed by atoms with Crippen LogP contribution in [0.25, 0.3) is 0 Å². The van der Waals surface area contributed by atoms with Crippen molar-refractivity contribution in [3.8, 4) is 11.5 Å². The molecule has 1 aromatic heterocycles. The first-order valence-electron chi connectivity index (χ1n) is 7.67. The van der Waals surface area contributed by atoms with Crippen LogP contribution in [0.4, 0.5) is 0 Å². The number of methoxy groups -OCH3 is 1. The molecule has 0 amide bonds. The lowest BCUT2D eigenvalue weighted by molar-refractivity contribution is 0.119. The highest BCUT2D eigenvalue weighted by atomic mass is 16.5. The molecule has 1 saturated heterocycles. The summed E-state index contributed by atoms with van der Waals surface area (Å²) in [7, 11) is 1.68. The Morgan fingerprint density at radius 2 is 2.05 bits per heavy atom. The van der Waals surface area contributed by atoms with Gasteiger partial charge in [-0.05, 0) is 36.8 Å². The number of aromatic nitrogens is 1. The number of rotatable bonds is 6. The minimum atomic E-state index is 0.565. The molecular formula is C18H22N2O2. The molecule has 0 saturated carbocycles. The first kappa shape index (κ1) is 14.9. The van der Waals surface area contributed by atoms with Crippen LogP contribution in [0.5, 0.6) is 11.5 Å². The SMILES string of the molecule is COc1cc(C)ccc1OCCN1CC(c2ccccn2)C1. The standard InChI is InChI=1S/C18H22N2O2/c1-14-6-7-17(18(11-14)21-2)22-10-9-20-12-15(13-20)16-5-3-4-8-19-16/h3-8,11,15H,9-10,12-13H2,1-2H3. The second-order valence-corrected chi connectivity index (χ2v) is 5.71. The van der Waals surface area contributed by atoms with Crippen LogP contribution >= 0.6 is 0 Å². The maximum atomic E-state index is 5.85. The van der Waals surface area contributed by atoms with Crippen LogP contribution in [-0.2, 0) is 0 Å². The molecule has 116 valence electrons. The predicted octanol–water partition coefficient (Wildman–Crippen LogP) is 2.88. The van der Waals surface area contributed by atoms with E-state index in [1.807, 2.05) is 37.4 Å². The number of nitrogens with zero attached hydrogens (tertiary/aromatic N) is 2. The van der Waals surface area contributed by atoms with Crippen molar-refractivity contribution in [2.24, 2.45) is 0 Å². The average Bonchev–Trinajstić information content (AvgIpc) is 2.51. The molecule has 1 aliphatic rings. The molecular weight excluding hydrogens is 276 g/mol. The van der Waals surface area contributed by atoms with Crippen LogP contribution in [0.3, 0.4) is 0 Å². The lowest BCUT2D eigenvalue weighted by Crippen LogP contribution is -2.46. The van der Waals surface area contributed by atoms with Crippen LogP contribution < -0.4 is 9.47 Å². The molecule has 0 atom stereocenters. The summed E-state index contributed by atoms with van der Waals surface area (Å²) in [5.41, 5.74) is 2.37. The van der Waals surface area contributed by atoms with Crippen molar-refractivity contribution >= 4 is 0 Å². The molecule has 2 heterocycles. The van der Waals surface area contributed by atoms with E-state index in [1.165, 1.54) is 11.3 Å². The topological polar surface area (TPSA) is 34.6 Å². The van der Waals surface area contributed by atoms with Gasteiger partial charge in [0.25, 0.3) is 0 Å². The van der Waals surface area contributed by atoms with Gasteiger partial charge < -0.3 is 9.47 Å². The molecule has 1 fully saturated rings. The number of hydrogen-bond acceptors (Lipinski definition) is 4. The fourth-order valence-corrected chi connectivity index (χ4v) is 2.74. The molecule has 3 rings (SSSR count). The van der Waals surface area contributed by atoms with Gasteiger partial charge >= 0.3 is 0 Å². The van der Waals surface area contributed by atoms with Gasteiger partial charge in [-0.3, -0.25) is 9.88 Å². The molecule has 0 aliphatic carbocycles. The van der Waals surface area contributed by atoms with Crippen molar-refractivity contribution in [1.82, 2.24) is 9.88 Å². The Kier molecular flexibility index (Phi) is 4.59. The highest BCUT2D eigenvalue weighted by Crippen LogP contribution is 2.28. The lowest BCUT2D eigenvalue weighted by Gasteiger charge is -2.38. The van der Waals surface area contributed by atoms with Crippen molar-refractivity contribution in [3.63, 3.8) is 0 Å². The van der Waals surface area contributed by atoms with Crippen molar-refractivity contribution < 1.29 is 9.47 Å². The Labute approximate surface area is 131 Å². The van der Waals surface area contributed by atoms with Gasteiger partial charge in [-0.25, -0.2) is 0 Å². The second-order valence-electron chi connectivity index (χ2n) is 5.71. The van der Waals surface area contributed by atoms with Crippen molar-refractivity contribution in [2.45, 2.75) is 12.8 Å². The van der Waals surface area contributed by atoms with Gasteiger partial charge in [0.15, 0.2) is 11.5 Å². The molecule has 4 heteroatoms. The van der Waals surface area contributed by atoms with Gasteiger partial charge in [0, 0.05) is 37.4 Å². The summed E-state index contributed by atoms with van der Waals surface area (Å²) in [6.45, 7) is 5.77. The Bertz CT molecular complexity index is 610. The monoisotopic (exact) mass is 298 g/mol. The molecule has 1 aromatic carbocycles. The predicted molar refractivity (Wildman–Crippen MR) is 86.6 cm³/mol. The minimum Gasteiger partial charge on any atom is -0.493 e. The highest BCUT2D eigenvalue weighted by Gasteiger charge is 2.28. The molecule has 0 unspecified atom stereocenters. The molecule has 2 aromatic rings. The molecule has 0 spiro atoms. The maximum absolute atomic E-state index is 5.85. The van der Waals surface area contributed by atoms with E-state index >= 15 is 0 Å². The van der Waals surface area contributed by atoms with Gasteiger partial charge in [-0.2, -0.15) is 0 Å². The van der Waals surface area contributed by atoms with Crippen LogP contribution in [0.15, 0.2) is 42.6 Å². The number of ether oxygens (including phenoxy) is 2. The van der Waals surface area contributed by atoms with Crippen LogP contribution in [0, 0.1) is 6.92 Å². The second kappa shape index (κ2) is 6.79. The molecule has 4 nitrogen and oxygen atoms in total. The van der Waals surface area contributed by atoms with Gasteiger partial charge in [-0.1, -0.05) is 12.1 Å². The zero-order valence-electron chi connectivity index (χ0n) is 13.2. The first-order chi connectivity index (χ1) is 10.8. The molecule has 0 N–H and O–H groups in total. The van der Waals surface area contributed by atoms with Crippen LogP contribution in [0.2, 0.25) is 0 Å². The normalized spacial score (nSPS) is 15.4. The van der Waals surface area contributed by atoms with Crippen LogP contribution in [-0.4, -0.2) is 43.2 Å². The van der Waals surface area contributed by atoms with Gasteiger partial charge in [0.05, 0.1) is 7.11 Å². The smallest absolute Gasteiger partial charge is 0.161 e. The van der Waals surface area contributed by atoms with E-state index in [-0.39, 0.29) is 0 Å². The summed E-state index contributed by atoms with van der Waals surface area (Å²) in [6.07, 6.45) is 1.87. The third-order valence-corrected chi connectivity index (χ3v) is 4.05. The Morgan fingerprint density at radius 1 is 1.18 bits per heavy atom. The third-order valence-electron chi connectivity index (χ3n) is 4.05. The van der Waals surface area contributed by atoms with E-state index in [2.05, 4.69) is 22.0 Å². The number of pyridine rings is 1. The fraction of sp³-hybridized carbons (Fsp3) is 0.389.